The molecule has 23 heavy (non-hydrogen) atoms. The van der Waals surface area contributed by atoms with Crippen LogP contribution in [0.5, 0.6) is 11.5 Å². The van der Waals surface area contributed by atoms with Gasteiger partial charge in [-0.2, -0.15) is 8.78 Å². The van der Waals surface area contributed by atoms with Crippen molar-refractivity contribution in [1.82, 2.24) is 0 Å². The van der Waals surface area contributed by atoms with Crippen LogP contribution in [0.25, 0.3) is 0 Å². The van der Waals surface area contributed by atoms with Crippen LogP contribution in [0.4, 0.5) is 8.78 Å². The van der Waals surface area contributed by atoms with Crippen molar-refractivity contribution in [3.05, 3.63) is 35.9 Å². The molecule has 130 valence electrons. The SMILES string of the molecule is CCCCCOc1ccc(OCC/C=C\CC(C)C)c(F)c1F. The van der Waals surface area contributed by atoms with Gasteiger partial charge in [0.05, 0.1) is 13.2 Å². The lowest BCUT2D eigenvalue weighted by atomic mass is 10.1. The van der Waals surface area contributed by atoms with E-state index < -0.39 is 11.6 Å². The van der Waals surface area contributed by atoms with E-state index in [-0.39, 0.29) is 11.5 Å². The van der Waals surface area contributed by atoms with E-state index in [4.69, 9.17) is 9.47 Å². The van der Waals surface area contributed by atoms with Gasteiger partial charge in [0.25, 0.3) is 0 Å². The molecule has 0 atom stereocenters. The number of hydrogen-bond acceptors (Lipinski definition) is 2. The van der Waals surface area contributed by atoms with Crippen LogP contribution < -0.4 is 9.47 Å². The number of ether oxygens (including phenoxy) is 2. The summed E-state index contributed by atoms with van der Waals surface area (Å²) in [5.41, 5.74) is 0. The van der Waals surface area contributed by atoms with Crippen LogP contribution in [0.3, 0.4) is 0 Å². The third kappa shape index (κ3) is 7.49. The molecule has 0 spiro atoms. The quantitative estimate of drug-likeness (QED) is 0.372. The number of allylic oxidation sites excluding steroid dienone is 1. The van der Waals surface area contributed by atoms with Crippen LogP contribution in [0.15, 0.2) is 24.3 Å². The van der Waals surface area contributed by atoms with Gasteiger partial charge in [0, 0.05) is 0 Å². The summed E-state index contributed by atoms with van der Waals surface area (Å²) in [7, 11) is 0. The molecule has 4 heteroatoms. The molecule has 0 amide bonds. The molecule has 1 aromatic rings. The standard InChI is InChI=1S/C19H28F2O2/c1-4-5-8-13-22-16-11-12-17(19(21)18(16)20)23-14-9-6-7-10-15(2)3/h6-7,11-12,15H,4-5,8-10,13-14H2,1-3H3/b7-6-. The molecule has 0 fully saturated rings. The highest BCUT2D eigenvalue weighted by Gasteiger charge is 2.15. The average Bonchev–Trinajstić information content (AvgIpc) is 2.52. The summed E-state index contributed by atoms with van der Waals surface area (Å²) in [6.07, 6.45) is 8.65. The molecule has 2 nitrogen and oxygen atoms in total. The minimum absolute atomic E-state index is 0.0530. The van der Waals surface area contributed by atoms with Gasteiger partial charge in [0.15, 0.2) is 11.5 Å². The normalized spacial score (nSPS) is 11.4. The molecule has 0 aromatic heterocycles. The fourth-order valence-corrected chi connectivity index (χ4v) is 1.99. The summed E-state index contributed by atoms with van der Waals surface area (Å²) < 4.78 is 38.4. The van der Waals surface area contributed by atoms with E-state index >= 15 is 0 Å². The highest BCUT2D eigenvalue weighted by atomic mass is 19.2. The fraction of sp³-hybridized carbons (Fsp3) is 0.579. The molecule has 0 aliphatic rings. The molecule has 0 bridgehead atoms. The van der Waals surface area contributed by atoms with Gasteiger partial charge in [-0.05, 0) is 37.3 Å². The Hall–Kier alpha value is -1.58. The predicted octanol–water partition coefficient (Wildman–Crippen LogP) is 5.91. The van der Waals surface area contributed by atoms with Gasteiger partial charge in [-0.15, -0.1) is 0 Å². The third-order valence-electron chi connectivity index (χ3n) is 3.33. The van der Waals surface area contributed by atoms with Crippen molar-refractivity contribution < 1.29 is 18.3 Å². The second-order valence-corrected chi connectivity index (χ2v) is 5.98. The average molecular weight is 326 g/mol. The van der Waals surface area contributed by atoms with Crippen molar-refractivity contribution >= 4 is 0 Å². The van der Waals surface area contributed by atoms with E-state index in [1.165, 1.54) is 12.1 Å². The summed E-state index contributed by atoms with van der Waals surface area (Å²) >= 11 is 0. The Bertz CT molecular complexity index is 485. The molecule has 0 heterocycles. The number of benzene rings is 1. The van der Waals surface area contributed by atoms with Crippen molar-refractivity contribution in [2.75, 3.05) is 13.2 Å². The van der Waals surface area contributed by atoms with Crippen molar-refractivity contribution in [2.45, 2.75) is 52.9 Å². The Labute approximate surface area is 138 Å². The lowest BCUT2D eigenvalue weighted by Gasteiger charge is -2.11. The Morgan fingerprint density at radius 1 is 0.957 bits per heavy atom. The van der Waals surface area contributed by atoms with E-state index in [1.54, 1.807) is 0 Å². The first-order valence-corrected chi connectivity index (χ1v) is 8.44. The van der Waals surface area contributed by atoms with Crippen LogP contribution in [-0.2, 0) is 0 Å². The van der Waals surface area contributed by atoms with Crippen LogP contribution >= 0.6 is 0 Å². The molecule has 0 aliphatic carbocycles. The fourth-order valence-electron chi connectivity index (χ4n) is 1.99. The minimum atomic E-state index is -0.982. The smallest absolute Gasteiger partial charge is 0.204 e. The van der Waals surface area contributed by atoms with Gasteiger partial charge in [0.1, 0.15) is 0 Å². The Morgan fingerprint density at radius 2 is 1.57 bits per heavy atom. The molecule has 0 radical (unpaired) electrons. The van der Waals surface area contributed by atoms with Gasteiger partial charge in [0.2, 0.25) is 11.6 Å². The lowest BCUT2D eigenvalue weighted by Crippen LogP contribution is -2.03. The summed E-state index contributed by atoms with van der Waals surface area (Å²) in [4.78, 5) is 0. The molecular formula is C19H28F2O2. The van der Waals surface area contributed by atoms with Crippen LogP contribution in [0.1, 0.15) is 52.9 Å². The van der Waals surface area contributed by atoms with Gasteiger partial charge in [-0.1, -0.05) is 45.8 Å². The van der Waals surface area contributed by atoms with E-state index in [0.717, 1.165) is 25.7 Å². The van der Waals surface area contributed by atoms with E-state index in [0.29, 0.717) is 25.6 Å². The van der Waals surface area contributed by atoms with Gasteiger partial charge in [-0.25, -0.2) is 0 Å². The summed E-state index contributed by atoms with van der Waals surface area (Å²) in [6, 6.07) is 2.85. The second kappa shape index (κ2) is 11.0. The number of halogens is 2. The van der Waals surface area contributed by atoms with Crippen LogP contribution in [0, 0.1) is 17.6 Å². The molecule has 1 rings (SSSR count). The monoisotopic (exact) mass is 326 g/mol. The first-order chi connectivity index (χ1) is 11.1. The number of rotatable bonds is 11. The van der Waals surface area contributed by atoms with Crippen molar-refractivity contribution in [1.29, 1.82) is 0 Å². The van der Waals surface area contributed by atoms with E-state index in [2.05, 4.69) is 26.8 Å². The van der Waals surface area contributed by atoms with Crippen LogP contribution in [0.2, 0.25) is 0 Å². The maximum Gasteiger partial charge on any atom is 0.204 e. The molecule has 0 saturated heterocycles. The molecule has 0 aliphatic heterocycles. The maximum absolute atomic E-state index is 13.9. The predicted molar refractivity (Wildman–Crippen MR) is 90.1 cm³/mol. The first-order valence-electron chi connectivity index (χ1n) is 8.44. The van der Waals surface area contributed by atoms with E-state index in [9.17, 15) is 8.78 Å². The molecule has 0 unspecified atom stereocenters. The summed E-state index contributed by atoms with van der Waals surface area (Å²) in [5, 5.41) is 0. The highest BCUT2D eigenvalue weighted by molar-refractivity contribution is 5.35. The molecule has 1 aromatic carbocycles. The largest absolute Gasteiger partial charge is 0.490 e. The number of unbranched alkanes of at least 4 members (excludes halogenated alkanes) is 2. The maximum atomic E-state index is 13.9. The Balaban J connectivity index is 2.45. The molecular weight excluding hydrogens is 298 g/mol. The molecule has 0 N–H and O–H groups in total. The summed E-state index contributed by atoms with van der Waals surface area (Å²) in [5.74, 6) is -1.47. The van der Waals surface area contributed by atoms with Gasteiger partial charge < -0.3 is 9.47 Å². The summed E-state index contributed by atoms with van der Waals surface area (Å²) in [6.45, 7) is 7.08. The zero-order valence-corrected chi connectivity index (χ0v) is 14.4. The first kappa shape index (κ1) is 19.5. The second-order valence-electron chi connectivity index (χ2n) is 5.98. The lowest BCUT2D eigenvalue weighted by molar-refractivity contribution is 0.273. The zero-order valence-electron chi connectivity index (χ0n) is 14.4. The topological polar surface area (TPSA) is 18.5 Å². The molecule has 0 saturated carbocycles. The Morgan fingerprint density at radius 3 is 2.13 bits per heavy atom. The Kier molecular flexibility index (Phi) is 9.34. The number of hydrogen-bond donors (Lipinski definition) is 0. The minimum Gasteiger partial charge on any atom is -0.490 e. The third-order valence-corrected chi connectivity index (χ3v) is 3.33. The van der Waals surface area contributed by atoms with Gasteiger partial charge in [-0.3, -0.25) is 0 Å². The van der Waals surface area contributed by atoms with E-state index in [1.807, 2.05) is 6.08 Å². The van der Waals surface area contributed by atoms with Crippen molar-refractivity contribution in [3.63, 3.8) is 0 Å². The highest BCUT2D eigenvalue weighted by Crippen LogP contribution is 2.27. The van der Waals surface area contributed by atoms with Crippen molar-refractivity contribution in [2.24, 2.45) is 5.92 Å². The van der Waals surface area contributed by atoms with Gasteiger partial charge >= 0.3 is 0 Å². The van der Waals surface area contributed by atoms with Crippen molar-refractivity contribution in [3.8, 4) is 11.5 Å². The van der Waals surface area contributed by atoms with Crippen LogP contribution in [-0.4, -0.2) is 13.2 Å². The zero-order chi connectivity index (χ0) is 17.1.